The van der Waals surface area contributed by atoms with E-state index in [1.807, 2.05) is 6.08 Å². The molecule has 0 bridgehead atoms. The van der Waals surface area contributed by atoms with Gasteiger partial charge in [-0.05, 0) is 44.9 Å². The van der Waals surface area contributed by atoms with E-state index in [-0.39, 0.29) is 12.5 Å². The first-order chi connectivity index (χ1) is 19.7. The molecular formula is C36H67NO3. The molecule has 0 rings (SSSR count). The third kappa shape index (κ3) is 28.1. The molecule has 234 valence electrons. The van der Waals surface area contributed by atoms with Gasteiger partial charge in [-0.3, -0.25) is 4.79 Å². The second-order valence-corrected chi connectivity index (χ2v) is 11.6. The fraction of sp³-hybridized carbons (Fsp3) is 0.806. The molecule has 0 aromatic rings. The molecule has 40 heavy (non-hydrogen) atoms. The molecule has 0 radical (unpaired) electrons. The lowest BCUT2D eigenvalue weighted by Gasteiger charge is -2.20. The zero-order valence-electron chi connectivity index (χ0n) is 26.6. The number of carbonyl (C=O) groups excluding carboxylic acids is 1. The van der Waals surface area contributed by atoms with E-state index in [9.17, 15) is 15.0 Å². The summed E-state index contributed by atoms with van der Waals surface area (Å²) in [5.74, 6) is -0.0814. The van der Waals surface area contributed by atoms with Gasteiger partial charge in [0.2, 0.25) is 5.91 Å². The largest absolute Gasteiger partial charge is 0.394 e. The Balaban J connectivity index is 3.68. The van der Waals surface area contributed by atoms with Gasteiger partial charge in [-0.1, -0.05) is 153 Å². The third-order valence-electron chi connectivity index (χ3n) is 7.60. The molecule has 0 fully saturated rings. The molecule has 0 aliphatic carbocycles. The quantitative estimate of drug-likeness (QED) is 0.0603. The SMILES string of the molecule is CCC/C=C\C/C=C\CCCCCCCC(=O)NC(CO)C(O)/C=C/CCCCCCCCCCCCCCC. The lowest BCUT2D eigenvalue weighted by atomic mass is 10.0. The maximum absolute atomic E-state index is 12.3. The van der Waals surface area contributed by atoms with Crippen molar-refractivity contribution in [2.45, 2.75) is 180 Å². The third-order valence-corrected chi connectivity index (χ3v) is 7.60. The van der Waals surface area contributed by atoms with Gasteiger partial charge in [0.05, 0.1) is 18.8 Å². The molecule has 0 aliphatic rings. The number of hydrogen-bond acceptors (Lipinski definition) is 3. The van der Waals surface area contributed by atoms with Crippen LogP contribution in [0.25, 0.3) is 0 Å². The van der Waals surface area contributed by atoms with Gasteiger partial charge in [0, 0.05) is 6.42 Å². The highest BCUT2D eigenvalue weighted by atomic mass is 16.3. The van der Waals surface area contributed by atoms with Crippen LogP contribution < -0.4 is 5.32 Å². The standard InChI is InChI=1S/C36H67NO3/c1-3-5-7-9-11-13-15-17-18-20-21-23-25-27-29-31-35(39)34(33-38)37-36(40)32-30-28-26-24-22-19-16-14-12-10-8-6-4-2/h8,10,14,16,29,31,34-35,38-39H,3-7,9,11-13,15,17-28,30,32-33H2,1-2H3,(H,37,40)/b10-8-,16-14-,31-29+. The molecule has 0 aliphatic heterocycles. The molecular weight excluding hydrogens is 494 g/mol. The average molecular weight is 562 g/mol. The van der Waals surface area contributed by atoms with E-state index in [1.54, 1.807) is 6.08 Å². The van der Waals surface area contributed by atoms with Crippen molar-refractivity contribution >= 4 is 5.91 Å². The van der Waals surface area contributed by atoms with Crippen LogP contribution in [0.15, 0.2) is 36.5 Å². The Morgan fingerprint density at radius 3 is 1.60 bits per heavy atom. The van der Waals surface area contributed by atoms with Crippen LogP contribution in [0.4, 0.5) is 0 Å². The normalized spacial score (nSPS) is 13.6. The molecule has 0 saturated carbocycles. The van der Waals surface area contributed by atoms with E-state index >= 15 is 0 Å². The minimum atomic E-state index is -0.842. The smallest absolute Gasteiger partial charge is 0.220 e. The van der Waals surface area contributed by atoms with Gasteiger partial charge >= 0.3 is 0 Å². The summed E-state index contributed by atoms with van der Waals surface area (Å²) in [6.45, 7) is 4.22. The maximum atomic E-state index is 12.3. The maximum Gasteiger partial charge on any atom is 0.220 e. The van der Waals surface area contributed by atoms with Crippen LogP contribution in [0.1, 0.15) is 168 Å². The van der Waals surface area contributed by atoms with Crippen molar-refractivity contribution in [2.75, 3.05) is 6.61 Å². The molecule has 0 saturated heterocycles. The van der Waals surface area contributed by atoms with E-state index in [0.29, 0.717) is 6.42 Å². The van der Waals surface area contributed by atoms with Crippen molar-refractivity contribution in [1.29, 1.82) is 0 Å². The van der Waals surface area contributed by atoms with Crippen LogP contribution in [-0.2, 0) is 4.79 Å². The first-order valence-electron chi connectivity index (χ1n) is 17.2. The number of aliphatic hydroxyl groups excluding tert-OH is 2. The Hall–Kier alpha value is -1.39. The average Bonchev–Trinajstić information content (AvgIpc) is 2.96. The fourth-order valence-corrected chi connectivity index (χ4v) is 4.92. The highest BCUT2D eigenvalue weighted by Gasteiger charge is 2.17. The van der Waals surface area contributed by atoms with Gasteiger partial charge in [-0.15, -0.1) is 0 Å². The van der Waals surface area contributed by atoms with Gasteiger partial charge in [-0.2, -0.15) is 0 Å². The molecule has 4 nitrogen and oxygen atoms in total. The summed E-state index contributed by atoms with van der Waals surface area (Å²) < 4.78 is 0. The highest BCUT2D eigenvalue weighted by Crippen LogP contribution is 2.13. The summed E-state index contributed by atoms with van der Waals surface area (Å²) in [5.41, 5.74) is 0. The second-order valence-electron chi connectivity index (χ2n) is 11.6. The zero-order valence-corrected chi connectivity index (χ0v) is 26.6. The monoisotopic (exact) mass is 562 g/mol. The summed E-state index contributed by atoms with van der Waals surface area (Å²) in [5, 5.41) is 22.8. The number of amides is 1. The van der Waals surface area contributed by atoms with Gasteiger partial charge in [0.1, 0.15) is 0 Å². The Morgan fingerprint density at radius 2 is 1.07 bits per heavy atom. The molecule has 4 heteroatoms. The van der Waals surface area contributed by atoms with Crippen LogP contribution in [-0.4, -0.2) is 34.9 Å². The topological polar surface area (TPSA) is 69.6 Å². The van der Waals surface area contributed by atoms with E-state index < -0.39 is 12.1 Å². The number of hydrogen-bond donors (Lipinski definition) is 3. The molecule has 2 atom stereocenters. The number of carbonyl (C=O) groups is 1. The van der Waals surface area contributed by atoms with Crippen molar-refractivity contribution in [2.24, 2.45) is 0 Å². The molecule has 0 aromatic carbocycles. The van der Waals surface area contributed by atoms with Gasteiger partial charge < -0.3 is 15.5 Å². The van der Waals surface area contributed by atoms with Gasteiger partial charge in [0.15, 0.2) is 0 Å². The highest BCUT2D eigenvalue weighted by molar-refractivity contribution is 5.76. The Bertz CT molecular complexity index is 613. The van der Waals surface area contributed by atoms with Crippen molar-refractivity contribution < 1.29 is 15.0 Å². The molecule has 3 N–H and O–H groups in total. The minimum absolute atomic E-state index is 0.0814. The molecule has 0 aromatic heterocycles. The van der Waals surface area contributed by atoms with E-state index in [4.69, 9.17) is 0 Å². The number of aliphatic hydroxyl groups is 2. The predicted octanol–water partition coefficient (Wildman–Crippen LogP) is 9.90. The lowest BCUT2D eigenvalue weighted by molar-refractivity contribution is -0.123. The Morgan fingerprint density at radius 1 is 0.600 bits per heavy atom. The Kier molecular flexibility index (Phi) is 31.0. The van der Waals surface area contributed by atoms with E-state index in [2.05, 4.69) is 43.5 Å². The molecule has 0 spiro atoms. The first-order valence-corrected chi connectivity index (χ1v) is 17.2. The summed E-state index contributed by atoms with van der Waals surface area (Å²) in [7, 11) is 0. The summed E-state index contributed by atoms with van der Waals surface area (Å²) in [6, 6.07) is -0.626. The number of rotatable bonds is 30. The minimum Gasteiger partial charge on any atom is -0.394 e. The van der Waals surface area contributed by atoms with Crippen LogP contribution >= 0.6 is 0 Å². The first kappa shape index (κ1) is 38.6. The second kappa shape index (κ2) is 32.1. The number of unbranched alkanes of at least 4 members (excludes halogenated alkanes) is 19. The summed E-state index contributed by atoms with van der Waals surface area (Å²) >= 11 is 0. The molecule has 2 unspecified atom stereocenters. The van der Waals surface area contributed by atoms with Gasteiger partial charge in [0.25, 0.3) is 0 Å². The predicted molar refractivity (Wildman–Crippen MR) is 175 cm³/mol. The fourth-order valence-electron chi connectivity index (χ4n) is 4.92. The van der Waals surface area contributed by atoms with Crippen LogP contribution in [0.3, 0.4) is 0 Å². The lowest BCUT2D eigenvalue weighted by Crippen LogP contribution is -2.45. The number of allylic oxidation sites excluding steroid dienone is 5. The van der Waals surface area contributed by atoms with Crippen LogP contribution in [0.5, 0.6) is 0 Å². The number of nitrogens with one attached hydrogen (secondary N) is 1. The van der Waals surface area contributed by atoms with Crippen molar-refractivity contribution in [1.82, 2.24) is 5.32 Å². The van der Waals surface area contributed by atoms with Crippen LogP contribution in [0.2, 0.25) is 0 Å². The summed E-state index contributed by atoms with van der Waals surface area (Å²) in [4.78, 5) is 12.3. The van der Waals surface area contributed by atoms with Crippen molar-refractivity contribution in [3.63, 3.8) is 0 Å². The van der Waals surface area contributed by atoms with Gasteiger partial charge in [-0.25, -0.2) is 0 Å². The van der Waals surface area contributed by atoms with E-state index in [0.717, 1.165) is 44.9 Å². The zero-order chi connectivity index (χ0) is 29.4. The van der Waals surface area contributed by atoms with Crippen molar-refractivity contribution in [3.05, 3.63) is 36.5 Å². The Labute approximate surface area is 249 Å². The summed E-state index contributed by atoms with van der Waals surface area (Å²) in [6.07, 6.45) is 40.7. The van der Waals surface area contributed by atoms with E-state index in [1.165, 1.54) is 103 Å². The molecule has 0 heterocycles. The van der Waals surface area contributed by atoms with Crippen LogP contribution in [0, 0.1) is 0 Å². The molecule has 1 amide bonds. The van der Waals surface area contributed by atoms with Crippen molar-refractivity contribution in [3.8, 4) is 0 Å².